The third kappa shape index (κ3) is 2.85. The van der Waals surface area contributed by atoms with Gasteiger partial charge in [-0.1, -0.05) is 0 Å². The van der Waals surface area contributed by atoms with E-state index in [-0.39, 0.29) is 22.6 Å². The summed E-state index contributed by atoms with van der Waals surface area (Å²) in [5.74, 6) is -1.97. The minimum atomic E-state index is -1.20. The van der Waals surface area contributed by atoms with E-state index in [0.29, 0.717) is 0 Å². The molecule has 8 nitrogen and oxygen atoms in total. The van der Waals surface area contributed by atoms with Gasteiger partial charge in [-0.25, -0.2) is 0 Å². The van der Waals surface area contributed by atoms with Crippen LogP contribution in [0, 0.1) is 10.1 Å². The second-order valence-corrected chi connectivity index (χ2v) is 3.87. The van der Waals surface area contributed by atoms with E-state index >= 15 is 0 Å². The van der Waals surface area contributed by atoms with Crippen molar-refractivity contribution in [3.63, 3.8) is 0 Å². The first-order valence-corrected chi connectivity index (χ1v) is 5.48. The van der Waals surface area contributed by atoms with Crippen LogP contribution in [-0.2, 0) is 11.2 Å². The van der Waals surface area contributed by atoms with Crippen LogP contribution in [0.3, 0.4) is 0 Å². The van der Waals surface area contributed by atoms with Crippen LogP contribution >= 0.6 is 0 Å². The van der Waals surface area contributed by atoms with Gasteiger partial charge in [0.25, 0.3) is 0 Å². The van der Waals surface area contributed by atoms with Crippen molar-refractivity contribution in [2.75, 3.05) is 14.2 Å². The minimum Gasteiger partial charge on any atom is -0.496 e. The summed E-state index contributed by atoms with van der Waals surface area (Å²) in [5, 5.41) is 20.0. The highest BCUT2D eigenvalue weighted by atomic mass is 16.6. The van der Waals surface area contributed by atoms with E-state index in [0.717, 1.165) is 20.1 Å². The summed E-state index contributed by atoms with van der Waals surface area (Å²) in [5.41, 5.74) is -0.742. The maximum absolute atomic E-state index is 11.5. The molecule has 0 spiro atoms. The van der Waals surface area contributed by atoms with E-state index in [1.54, 1.807) is 0 Å². The Kier molecular flexibility index (Phi) is 4.63. The van der Waals surface area contributed by atoms with Crippen molar-refractivity contribution in [1.82, 2.24) is 0 Å². The maximum atomic E-state index is 11.5. The number of ketones is 1. The van der Waals surface area contributed by atoms with Crippen molar-refractivity contribution < 1.29 is 29.1 Å². The molecule has 0 aliphatic heterocycles. The number of benzene rings is 1. The fourth-order valence-corrected chi connectivity index (χ4v) is 1.83. The van der Waals surface area contributed by atoms with Gasteiger partial charge in [0, 0.05) is 0 Å². The van der Waals surface area contributed by atoms with Gasteiger partial charge in [-0.3, -0.25) is 19.7 Å². The van der Waals surface area contributed by atoms with E-state index in [1.165, 1.54) is 7.11 Å². The minimum absolute atomic E-state index is 0.0131. The van der Waals surface area contributed by atoms with Gasteiger partial charge < -0.3 is 14.6 Å². The Morgan fingerprint density at radius 1 is 1.35 bits per heavy atom. The predicted molar refractivity (Wildman–Crippen MR) is 67.5 cm³/mol. The largest absolute Gasteiger partial charge is 0.496 e. The first-order valence-electron chi connectivity index (χ1n) is 5.48. The molecule has 1 aromatic rings. The monoisotopic (exact) mass is 283 g/mol. The molecule has 0 aromatic heterocycles. The van der Waals surface area contributed by atoms with Crippen molar-refractivity contribution in [1.29, 1.82) is 0 Å². The summed E-state index contributed by atoms with van der Waals surface area (Å²) in [6.45, 7) is 1.16. The summed E-state index contributed by atoms with van der Waals surface area (Å²) < 4.78 is 9.93. The molecule has 20 heavy (non-hydrogen) atoms. The van der Waals surface area contributed by atoms with Gasteiger partial charge in [0.05, 0.1) is 31.1 Å². The van der Waals surface area contributed by atoms with Gasteiger partial charge in [0.2, 0.25) is 5.75 Å². The Bertz CT molecular complexity index is 580. The predicted octanol–water partition coefficient (Wildman–Crippen LogP) is 1.44. The van der Waals surface area contributed by atoms with Crippen LogP contribution in [0.25, 0.3) is 0 Å². The Balaban J connectivity index is 3.75. The molecule has 0 bridgehead atoms. The number of hydrogen-bond donors (Lipinski definition) is 1. The molecule has 0 heterocycles. The van der Waals surface area contributed by atoms with Crippen molar-refractivity contribution in [3.8, 4) is 11.5 Å². The number of carboxylic acids is 1. The number of Topliss-reactive ketones (excluding diaryl/α,β-unsaturated/α-hetero) is 1. The van der Waals surface area contributed by atoms with Crippen LogP contribution in [0.1, 0.15) is 22.8 Å². The van der Waals surface area contributed by atoms with Crippen LogP contribution in [0.4, 0.5) is 5.69 Å². The van der Waals surface area contributed by atoms with Crippen molar-refractivity contribution >= 4 is 17.4 Å². The van der Waals surface area contributed by atoms with Crippen LogP contribution in [0.15, 0.2) is 6.07 Å². The number of nitro groups is 1. The summed E-state index contributed by atoms with van der Waals surface area (Å²) in [7, 11) is 2.44. The number of nitrogens with zero attached hydrogens (tertiary/aromatic N) is 1. The van der Waals surface area contributed by atoms with Gasteiger partial charge in [-0.2, -0.15) is 0 Å². The number of methoxy groups -OCH3 is 2. The van der Waals surface area contributed by atoms with Crippen LogP contribution in [0.5, 0.6) is 11.5 Å². The number of rotatable bonds is 6. The molecule has 0 radical (unpaired) electrons. The molecule has 0 fully saturated rings. The van der Waals surface area contributed by atoms with Gasteiger partial charge in [0.1, 0.15) is 11.3 Å². The molecule has 1 aromatic carbocycles. The molecule has 1 N–H and O–H groups in total. The Morgan fingerprint density at radius 3 is 2.30 bits per heavy atom. The zero-order valence-electron chi connectivity index (χ0n) is 11.1. The van der Waals surface area contributed by atoms with Crippen molar-refractivity contribution in [2.45, 2.75) is 13.3 Å². The number of carboxylic acid groups (broad SMARTS) is 1. The first-order chi connectivity index (χ1) is 9.33. The van der Waals surface area contributed by atoms with E-state index < -0.39 is 28.8 Å². The molecule has 108 valence electrons. The Hall–Kier alpha value is -2.64. The third-order valence-electron chi connectivity index (χ3n) is 2.63. The van der Waals surface area contributed by atoms with Gasteiger partial charge in [-0.05, 0) is 13.0 Å². The molecule has 0 atom stereocenters. The summed E-state index contributed by atoms with van der Waals surface area (Å²) in [4.78, 5) is 32.7. The average molecular weight is 283 g/mol. The molecule has 1 rings (SSSR count). The lowest BCUT2D eigenvalue weighted by Gasteiger charge is -2.14. The lowest BCUT2D eigenvalue weighted by atomic mass is 10.0. The number of carbonyl (C=O) groups excluding carboxylic acids is 1. The average Bonchev–Trinajstić information content (AvgIpc) is 2.36. The number of ether oxygens (including phenoxy) is 2. The van der Waals surface area contributed by atoms with Gasteiger partial charge in [0.15, 0.2) is 5.78 Å². The van der Waals surface area contributed by atoms with E-state index in [9.17, 15) is 19.7 Å². The molecule has 0 aliphatic carbocycles. The Morgan fingerprint density at radius 2 is 1.95 bits per heavy atom. The topological polar surface area (TPSA) is 116 Å². The molecule has 0 unspecified atom stereocenters. The Labute approximate surface area is 114 Å². The quantitative estimate of drug-likeness (QED) is 0.477. The molecular formula is C12H13NO7. The van der Waals surface area contributed by atoms with Crippen LogP contribution < -0.4 is 9.47 Å². The molecule has 0 saturated heterocycles. The number of aliphatic carboxylic acids is 1. The highest BCUT2D eigenvalue weighted by molar-refractivity contribution is 6.00. The fraction of sp³-hybridized carbons (Fsp3) is 0.333. The zero-order valence-corrected chi connectivity index (χ0v) is 11.1. The summed E-state index contributed by atoms with van der Waals surface area (Å²) in [6, 6.07) is 1.15. The SMILES string of the molecule is COc1cc(C(C)=O)c([N+](=O)[O-])c(OC)c1CC(=O)O. The summed E-state index contributed by atoms with van der Waals surface area (Å²) in [6.07, 6.45) is -0.522. The standard InChI is InChI=1S/C12H13NO7/c1-6(14)7-4-9(19-2)8(5-10(15)16)12(20-3)11(7)13(17)18/h4H,5H2,1-3H3,(H,15,16). The molecule has 0 saturated carbocycles. The van der Waals surface area contributed by atoms with E-state index in [1.807, 2.05) is 0 Å². The lowest BCUT2D eigenvalue weighted by molar-refractivity contribution is -0.386. The lowest BCUT2D eigenvalue weighted by Crippen LogP contribution is -2.10. The molecule has 8 heteroatoms. The molecular weight excluding hydrogens is 270 g/mol. The van der Waals surface area contributed by atoms with Crippen molar-refractivity contribution in [3.05, 3.63) is 27.3 Å². The van der Waals surface area contributed by atoms with Gasteiger partial charge in [-0.15, -0.1) is 0 Å². The van der Waals surface area contributed by atoms with Crippen molar-refractivity contribution in [2.24, 2.45) is 0 Å². The van der Waals surface area contributed by atoms with Crippen LogP contribution in [0.2, 0.25) is 0 Å². The normalized spacial score (nSPS) is 9.95. The van der Waals surface area contributed by atoms with Gasteiger partial charge >= 0.3 is 11.7 Å². The summed E-state index contributed by atoms with van der Waals surface area (Å²) >= 11 is 0. The smallest absolute Gasteiger partial charge is 0.322 e. The number of hydrogen-bond acceptors (Lipinski definition) is 6. The van der Waals surface area contributed by atoms with E-state index in [2.05, 4.69) is 0 Å². The highest BCUT2D eigenvalue weighted by Gasteiger charge is 2.30. The first kappa shape index (κ1) is 15.4. The third-order valence-corrected chi connectivity index (χ3v) is 2.63. The van der Waals surface area contributed by atoms with E-state index in [4.69, 9.17) is 14.6 Å². The highest BCUT2D eigenvalue weighted by Crippen LogP contribution is 2.40. The molecule has 0 amide bonds. The molecule has 0 aliphatic rings. The number of carbonyl (C=O) groups is 2. The van der Waals surface area contributed by atoms with Crippen LogP contribution in [-0.4, -0.2) is 36.0 Å². The maximum Gasteiger partial charge on any atom is 0.322 e. The second-order valence-electron chi connectivity index (χ2n) is 3.87. The number of nitro benzene ring substituents is 1. The zero-order chi connectivity index (χ0) is 15.4. The second kappa shape index (κ2) is 6.00. The fourth-order valence-electron chi connectivity index (χ4n) is 1.83.